The molecule has 0 fully saturated rings. The Labute approximate surface area is 109 Å². The summed E-state index contributed by atoms with van der Waals surface area (Å²) in [5.74, 6) is -1.40. The predicted octanol–water partition coefficient (Wildman–Crippen LogP) is 1.55. The number of phenols is 1. The monoisotopic (exact) mass is 263 g/mol. The summed E-state index contributed by atoms with van der Waals surface area (Å²) in [6, 6.07) is 4.91. The Hall–Kier alpha value is -2.37. The number of phenolic OH excluding ortho intramolecular Hbond substituents is 1. The number of halogens is 1. The first kappa shape index (κ1) is 13.1. The normalized spacial score (nSPS) is 12.1. The van der Waals surface area contributed by atoms with Gasteiger partial charge in [0.15, 0.2) is 0 Å². The number of nitrogens with zero attached hydrogens (tertiary/aromatic N) is 2. The molecule has 2 N–H and O–H groups in total. The summed E-state index contributed by atoms with van der Waals surface area (Å²) in [5.41, 5.74) is 0.0497. The standard InChI is InChI=1S/C13H14FN3O2/c1-9(8-17-6-2-5-15-17)16-13(19)11-4-3-10(14)7-12(11)18/h2-7,9,18H,8H2,1H3,(H,16,19). The Kier molecular flexibility index (Phi) is 3.79. The van der Waals surface area contributed by atoms with E-state index < -0.39 is 11.7 Å². The highest BCUT2D eigenvalue weighted by molar-refractivity contribution is 5.96. The molecule has 100 valence electrons. The van der Waals surface area contributed by atoms with Gasteiger partial charge in [-0.2, -0.15) is 5.10 Å². The molecule has 1 unspecified atom stereocenters. The number of aromatic nitrogens is 2. The predicted molar refractivity (Wildman–Crippen MR) is 67.2 cm³/mol. The number of hydrogen-bond acceptors (Lipinski definition) is 3. The molecule has 19 heavy (non-hydrogen) atoms. The molecule has 1 amide bonds. The molecular formula is C13H14FN3O2. The zero-order valence-electron chi connectivity index (χ0n) is 10.4. The molecule has 0 bridgehead atoms. The third kappa shape index (κ3) is 3.31. The molecule has 1 aromatic heterocycles. The zero-order chi connectivity index (χ0) is 13.8. The molecule has 0 radical (unpaired) electrons. The molecule has 5 nitrogen and oxygen atoms in total. The van der Waals surface area contributed by atoms with Crippen LogP contribution in [0.15, 0.2) is 36.7 Å². The highest BCUT2D eigenvalue weighted by Crippen LogP contribution is 2.17. The maximum Gasteiger partial charge on any atom is 0.255 e. The molecule has 2 rings (SSSR count). The summed E-state index contributed by atoms with van der Waals surface area (Å²) in [6.07, 6.45) is 3.44. The van der Waals surface area contributed by atoms with Crippen molar-refractivity contribution in [1.82, 2.24) is 15.1 Å². The second kappa shape index (κ2) is 5.51. The second-order valence-corrected chi connectivity index (χ2v) is 4.26. The molecule has 6 heteroatoms. The molecule has 1 atom stereocenters. The Morgan fingerprint density at radius 2 is 2.37 bits per heavy atom. The minimum atomic E-state index is -0.585. The maximum absolute atomic E-state index is 12.8. The second-order valence-electron chi connectivity index (χ2n) is 4.26. The van der Waals surface area contributed by atoms with Crippen LogP contribution in [0.2, 0.25) is 0 Å². The highest BCUT2D eigenvalue weighted by Gasteiger charge is 2.14. The van der Waals surface area contributed by atoms with Crippen molar-refractivity contribution in [3.8, 4) is 5.75 Å². The molecule has 0 aliphatic rings. The number of carbonyl (C=O) groups is 1. The average Bonchev–Trinajstić information content (AvgIpc) is 2.81. The molecule has 2 aromatic rings. The van der Waals surface area contributed by atoms with E-state index in [9.17, 15) is 14.3 Å². The van der Waals surface area contributed by atoms with Crippen LogP contribution in [0.3, 0.4) is 0 Å². The van der Waals surface area contributed by atoms with Gasteiger partial charge in [-0.05, 0) is 25.1 Å². The van der Waals surface area contributed by atoms with E-state index in [1.54, 1.807) is 23.1 Å². The summed E-state index contributed by atoms with van der Waals surface area (Å²) >= 11 is 0. The van der Waals surface area contributed by atoms with Crippen molar-refractivity contribution < 1.29 is 14.3 Å². The molecular weight excluding hydrogens is 249 g/mol. The van der Waals surface area contributed by atoms with Crippen LogP contribution in [0.1, 0.15) is 17.3 Å². The van der Waals surface area contributed by atoms with Crippen molar-refractivity contribution in [1.29, 1.82) is 0 Å². The lowest BCUT2D eigenvalue weighted by atomic mass is 10.1. The van der Waals surface area contributed by atoms with Crippen molar-refractivity contribution in [3.05, 3.63) is 48.0 Å². The summed E-state index contributed by atoms with van der Waals surface area (Å²) in [7, 11) is 0. The van der Waals surface area contributed by atoms with Crippen LogP contribution < -0.4 is 5.32 Å². The zero-order valence-corrected chi connectivity index (χ0v) is 10.4. The molecule has 0 spiro atoms. The van der Waals surface area contributed by atoms with Crippen molar-refractivity contribution in [2.24, 2.45) is 0 Å². The van der Waals surface area contributed by atoms with Gasteiger partial charge in [-0.25, -0.2) is 4.39 Å². The van der Waals surface area contributed by atoms with Crippen LogP contribution in [0, 0.1) is 5.82 Å². The van der Waals surface area contributed by atoms with Crippen LogP contribution in [0.4, 0.5) is 4.39 Å². The fourth-order valence-electron chi connectivity index (χ4n) is 1.73. The van der Waals surface area contributed by atoms with E-state index >= 15 is 0 Å². The number of nitrogens with one attached hydrogen (secondary N) is 1. The fraction of sp³-hybridized carbons (Fsp3) is 0.231. The Morgan fingerprint density at radius 3 is 3.00 bits per heavy atom. The van der Waals surface area contributed by atoms with Crippen LogP contribution in [-0.2, 0) is 6.54 Å². The van der Waals surface area contributed by atoms with Gasteiger partial charge in [-0.3, -0.25) is 9.48 Å². The van der Waals surface area contributed by atoms with Gasteiger partial charge in [-0.1, -0.05) is 0 Å². The van der Waals surface area contributed by atoms with E-state index in [0.29, 0.717) is 6.54 Å². The smallest absolute Gasteiger partial charge is 0.255 e. The van der Waals surface area contributed by atoms with Gasteiger partial charge < -0.3 is 10.4 Å². The number of aromatic hydroxyl groups is 1. The molecule has 1 heterocycles. The van der Waals surface area contributed by atoms with Gasteiger partial charge in [0, 0.05) is 24.5 Å². The van der Waals surface area contributed by atoms with Crippen molar-refractivity contribution >= 4 is 5.91 Å². The Bertz CT molecular complexity index is 569. The lowest BCUT2D eigenvalue weighted by Crippen LogP contribution is -2.35. The third-order valence-corrected chi connectivity index (χ3v) is 2.60. The minimum Gasteiger partial charge on any atom is -0.507 e. The first-order valence-electron chi connectivity index (χ1n) is 5.83. The fourth-order valence-corrected chi connectivity index (χ4v) is 1.73. The summed E-state index contributed by atoms with van der Waals surface area (Å²) < 4.78 is 14.5. The molecule has 0 aliphatic carbocycles. The van der Waals surface area contributed by atoms with E-state index in [0.717, 1.165) is 12.1 Å². The first-order chi connectivity index (χ1) is 9.06. The molecule has 0 saturated carbocycles. The van der Waals surface area contributed by atoms with Crippen molar-refractivity contribution in [3.63, 3.8) is 0 Å². The average molecular weight is 263 g/mol. The molecule has 0 saturated heterocycles. The SMILES string of the molecule is CC(Cn1cccn1)NC(=O)c1ccc(F)cc1O. The lowest BCUT2D eigenvalue weighted by molar-refractivity contribution is 0.0933. The maximum atomic E-state index is 12.8. The number of amides is 1. The van der Waals surface area contributed by atoms with E-state index in [-0.39, 0.29) is 17.4 Å². The van der Waals surface area contributed by atoms with Gasteiger partial charge >= 0.3 is 0 Å². The van der Waals surface area contributed by atoms with Gasteiger partial charge in [0.2, 0.25) is 0 Å². The minimum absolute atomic E-state index is 0.0497. The molecule has 0 aliphatic heterocycles. The number of carbonyl (C=O) groups excluding carboxylic acids is 1. The van der Waals surface area contributed by atoms with E-state index in [4.69, 9.17) is 0 Å². The van der Waals surface area contributed by atoms with Crippen LogP contribution in [0.25, 0.3) is 0 Å². The van der Waals surface area contributed by atoms with Crippen LogP contribution in [-0.4, -0.2) is 26.8 Å². The van der Waals surface area contributed by atoms with E-state index in [2.05, 4.69) is 10.4 Å². The Balaban J connectivity index is 2.00. The Morgan fingerprint density at radius 1 is 1.58 bits per heavy atom. The van der Waals surface area contributed by atoms with Gasteiger partial charge in [0.1, 0.15) is 11.6 Å². The third-order valence-electron chi connectivity index (χ3n) is 2.60. The summed E-state index contributed by atoms with van der Waals surface area (Å²) in [6.45, 7) is 2.33. The highest BCUT2D eigenvalue weighted by atomic mass is 19.1. The van der Waals surface area contributed by atoms with Crippen molar-refractivity contribution in [2.75, 3.05) is 0 Å². The quantitative estimate of drug-likeness (QED) is 0.879. The van der Waals surface area contributed by atoms with Gasteiger partial charge in [0.05, 0.1) is 12.1 Å². The van der Waals surface area contributed by atoms with Crippen LogP contribution in [0.5, 0.6) is 5.75 Å². The van der Waals surface area contributed by atoms with Crippen LogP contribution >= 0.6 is 0 Å². The van der Waals surface area contributed by atoms with E-state index in [1.807, 2.05) is 6.92 Å². The van der Waals surface area contributed by atoms with Gasteiger partial charge in [-0.15, -0.1) is 0 Å². The topological polar surface area (TPSA) is 67.2 Å². The number of rotatable bonds is 4. The number of benzene rings is 1. The lowest BCUT2D eigenvalue weighted by Gasteiger charge is -2.14. The number of hydrogen-bond donors (Lipinski definition) is 2. The van der Waals surface area contributed by atoms with Gasteiger partial charge in [0.25, 0.3) is 5.91 Å². The summed E-state index contributed by atoms with van der Waals surface area (Å²) in [4.78, 5) is 11.9. The van der Waals surface area contributed by atoms with Crippen molar-refractivity contribution in [2.45, 2.75) is 19.5 Å². The first-order valence-corrected chi connectivity index (χ1v) is 5.83. The summed E-state index contributed by atoms with van der Waals surface area (Å²) in [5, 5.41) is 16.3. The largest absolute Gasteiger partial charge is 0.507 e. The molecule has 1 aromatic carbocycles. The van der Waals surface area contributed by atoms with E-state index in [1.165, 1.54) is 6.07 Å².